The molecule has 0 aliphatic carbocycles. The van der Waals surface area contributed by atoms with Crippen molar-refractivity contribution in [3.63, 3.8) is 0 Å². The van der Waals surface area contributed by atoms with Crippen LogP contribution in [-0.2, 0) is 20.1 Å². The number of nitrogens with zero attached hydrogens (tertiary/aromatic N) is 4. The molecular weight excluding hydrogens is 502 g/mol. The van der Waals surface area contributed by atoms with E-state index >= 15 is 0 Å². The van der Waals surface area contributed by atoms with Gasteiger partial charge in [-0.15, -0.1) is 15.3 Å². The average Bonchev–Trinajstić information content (AvgIpc) is 2.77. The number of carboxylic acids is 1. The van der Waals surface area contributed by atoms with Gasteiger partial charge in [0.2, 0.25) is 10.0 Å². The van der Waals surface area contributed by atoms with Crippen LogP contribution in [-0.4, -0.2) is 32.5 Å². The lowest BCUT2D eigenvalue weighted by molar-refractivity contribution is 0.0697. The number of carbonyl (C=O) groups is 1. The Balaban J connectivity index is 2.11. The van der Waals surface area contributed by atoms with Crippen LogP contribution in [0.5, 0.6) is 0 Å². The zero-order chi connectivity index (χ0) is 26.0. The molecule has 0 amide bonds. The average molecular weight is 520 g/mol. The lowest BCUT2D eigenvalue weighted by Gasteiger charge is -2.10. The number of hydrogen-bond donors (Lipinski definition) is 5. The van der Waals surface area contributed by atoms with E-state index < -0.39 is 42.4 Å². The van der Waals surface area contributed by atoms with Crippen LogP contribution in [0.4, 0.5) is 34.1 Å². The number of rotatable bonds is 7. The molecule has 0 unspecified atom stereocenters. The third-order valence-corrected chi connectivity index (χ3v) is 6.25. The van der Waals surface area contributed by atoms with Crippen LogP contribution in [0.15, 0.2) is 84.8 Å². The van der Waals surface area contributed by atoms with Gasteiger partial charge in [-0.2, -0.15) is 13.5 Å². The number of carboxylic acid groups (broad SMARTS) is 1. The van der Waals surface area contributed by atoms with Gasteiger partial charge < -0.3 is 16.6 Å². The first-order valence-corrected chi connectivity index (χ1v) is 12.3. The van der Waals surface area contributed by atoms with Crippen molar-refractivity contribution in [3.05, 3.63) is 60.2 Å². The normalized spacial score (nSPS) is 12.4. The van der Waals surface area contributed by atoms with Gasteiger partial charge in [0, 0.05) is 0 Å². The van der Waals surface area contributed by atoms with Crippen LogP contribution < -0.4 is 16.6 Å². The summed E-state index contributed by atoms with van der Waals surface area (Å²) in [5.41, 5.74) is 10.2. The van der Waals surface area contributed by atoms with Gasteiger partial charge in [0.1, 0.15) is 22.0 Å². The highest BCUT2D eigenvalue weighted by Crippen LogP contribution is 2.43. The summed E-state index contributed by atoms with van der Waals surface area (Å²) >= 11 is 0. The van der Waals surface area contributed by atoms with Crippen molar-refractivity contribution < 1.29 is 31.3 Å². The monoisotopic (exact) mass is 519 g/mol. The predicted molar refractivity (Wildman–Crippen MR) is 125 cm³/mol. The molecule has 0 aliphatic heterocycles. The van der Waals surface area contributed by atoms with Crippen molar-refractivity contribution in [2.75, 3.05) is 11.5 Å². The van der Waals surface area contributed by atoms with E-state index in [1.807, 2.05) is 0 Å². The number of aromatic carboxylic acids is 1. The summed E-state index contributed by atoms with van der Waals surface area (Å²) in [6, 6.07) is 11.4. The maximum absolute atomic E-state index is 11.8. The van der Waals surface area contributed by atoms with Gasteiger partial charge in [-0.3, -0.25) is 4.55 Å². The van der Waals surface area contributed by atoms with Crippen LogP contribution in [0.2, 0.25) is 0 Å². The third-order valence-electron chi connectivity index (χ3n) is 4.43. The molecule has 0 radical (unpaired) electrons. The van der Waals surface area contributed by atoms with Crippen molar-refractivity contribution in [2.45, 2.75) is 9.79 Å². The highest BCUT2D eigenvalue weighted by Gasteiger charge is 2.22. The molecule has 0 saturated heterocycles. The molecule has 0 saturated carbocycles. The van der Waals surface area contributed by atoms with Crippen molar-refractivity contribution in [1.82, 2.24) is 0 Å². The second-order valence-corrected chi connectivity index (χ2v) is 9.76. The fraction of sp³-hybridized carbons (Fsp3) is 0. The Morgan fingerprint density at radius 2 is 1.40 bits per heavy atom. The molecule has 0 atom stereocenters. The topological polar surface area (TPSA) is 253 Å². The molecule has 8 N–H and O–H groups in total. The summed E-state index contributed by atoms with van der Waals surface area (Å²) in [6.45, 7) is 0. The Morgan fingerprint density at radius 1 is 0.800 bits per heavy atom. The van der Waals surface area contributed by atoms with E-state index in [4.69, 9.17) is 16.6 Å². The van der Waals surface area contributed by atoms with E-state index in [1.54, 1.807) is 0 Å². The molecule has 182 valence electrons. The molecule has 3 aromatic rings. The van der Waals surface area contributed by atoms with E-state index in [1.165, 1.54) is 48.5 Å². The van der Waals surface area contributed by atoms with Gasteiger partial charge in [0.05, 0.1) is 27.5 Å². The lowest BCUT2D eigenvalue weighted by Crippen LogP contribution is -2.11. The quantitative estimate of drug-likeness (QED) is 0.174. The largest absolute Gasteiger partial charge is 0.478 e. The van der Waals surface area contributed by atoms with E-state index in [2.05, 4.69) is 20.5 Å². The number of anilines is 2. The van der Waals surface area contributed by atoms with Crippen molar-refractivity contribution in [3.8, 4) is 0 Å². The Hall–Kier alpha value is -4.25. The summed E-state index contributed by atoms with van der Waals surface area (Å²) < 4.78 is 55.9. The third kappa shape index (κ3) is 5.82. The fourth-order valence-corrected chi connectivity index (χ4v) is 3.88. The van der Waals surface area contributed by atoms with Crippen molar-refractivity contribution in [2.24, 2.45) is 25.6 Å². The summed E-state index contributed by atoms with van der Waals surface area (Å²) in [4.78, 5) is 10.4. The van der Waals surface area contributed by atoms with Crippen molar-refractivity contribution in [1.29, 1.82) is 0 Å². The minimum absolute atomic E-state index is 0.0748. The standard InChI is InChI=1S/C19H17N7O7S2/c20-16-14(25-23-10-5-7-11(8-6-10)34(22,29)30)9-15(35(31,32)33)17(21)18(16)26-24-13-4-2-1-3-12(13)19(27)28/h1-9H,20-21H2,(H,27,28)(H2,22,29,30)(H,31,32,33). The Kier molecular flexibility index (Phi) is 6.92. The Morgan fingerprint density at radius 3 is 1.97 bits per heavy atom. The highest BCUT2D eigenvalue weighted by molar-refractivity contribution is 7.89. The van der Waals surface area contributed by atoms with Gasteiger partial charge >= 0.3 is 5.97 Å². The summed E-state index contributed by atoms with van der Waals surface area (Å²) in [7, 11) is -8.79. The smallest absolute Gasteiger partial charge is 0.337 e. The van der Waals surface area contributed by atoms with Crippen molar-refractivity contribution >= 4 is 60.2 Å². The van der Waals surface area contributed by atoms with E-state index in [-0.39, 0.29) is 33.2 Å². The molecular formula is C19H17N7O7S2. The SMILES string of the molecule is Nc1c(N=Nc2ccc(S(N)(=O)=O)cc2)cc(S(=O)(=O)O)c(N)c1N=Nc1ccccc1C(=O)O. The fourth-order valence-electron chi connectivity index (χ4n) is 2.73. The van der Waals surface area contributed by atoms with Crippen LogP contribution >= 0.6 is 0 Å². The zero-order valence-corrected chi connectivity index (χ0v) is 19.1. The first kappa shape index (κ1) is 25.4. The number of sulfonamides is 1. The number of primary sulfonamides is 1. The van der Waals surface area contributed by atoms with E-state index in [0.717, 1.165) is 6.07 Å². The number of hydrogen-bond acceptors (Lipinski definition) is 11. The van der Waals surface area contributed by atoms with Crippen LogP contribution in [0.25, 0.3) is 0 Å². The zero-order valence-electron chi connectivity index (χ0n) is 17.5. The molecule has 0 aromatic heterocycles. The molecule has 0 aliphatic rings. The maximum atomic E-state index is 11.8. The molecule has 0 bridgehead atoms. The van der Waals surface area contributed by atoms with E-state index in [0.29, 0.717) is 0 Å². The van der Waals surface area contributed by atoms with Crippen LogP contribution in [0, 0.1) is 0 Å². The highest BCUT2D eigenvalue weighted by atomic mass is 32.2. The van der Waals surface area contributed by atoms with Crippen LogP contribution in [0.1, 0.15) is 10.4 Å². The molecule has 16 heteroatoms. The van der Waals surface area contributed by atoms with Gasteiger partial charge in [-0.25, -0.2) is 18.4 Å². The summed E-state index contributed by atoms with van der Waals surface area (Å²) in [6.07, 6.45) is 0. The Bertz CT molecular complexity index is 1580. The molecule has 14 nitrogen and oxygen atoms in total. The summed E-state index contributed by atoms with van der Waals surface area (Å²) in [5, 5.41) is 29.6. The second-order valence-electron chi connectivity index (χ2n) is 6.81. The number of nitrogens with two attached hydrogens (primary N) is 3. The predicted octanol–water partition coefficient (Wildman–Crippen LogP) is 3.27. The Labute approximate surface area is 198 Å². The minimum atomic E-state index is -4.86. The van der Waals surface area contributed by atoms with Gasteiger partial charge in [-0.05, 0) is 42.5 Å². The summed E-state index contributed by atoms with van der Waals surface area (Å²) in [5.74, 6) is -1.28. The van der Waals surface area contributed by atoms with E-state index in [9.17, 15) is 31.3 Å². The molecule has 35 heavy (non-hydrogen) atoms. The second kappa shape index (κ2) is 9.55. The van der Waals surface area contributed by atoms with Gasteiger partial charge in [-0.1, -0.05) is 12.1 Å². The first-order chi connectivity index (χ1) is 16.3. The van der Waals surface area contributed by atoms with Gasteiger partial charge in [0.15, 0.2) is 0 Å². The van der Waals surface area contributed by atoms with Gasteiger partial charge in [0.25, 0.3) is 10.1 Å². The molecule has 0 fully saturated rings. The maximum Gasteiger partial charge on any atom is 0.337 e. The molecule has 0 spiro atoms. The van der Waals surface area contributed by atoms with Crippen LogP contribution in [0.3, 0.4) is 0 Å². The lowest BCUT2D eigenvalue weighted by atomic mass is 10.2. The number of nitrogen functional groups attached to an aromatic ring is 2. The number of benzene rings is 3. The minimum Gasteiger partial charge on any atom is -0.478 e. The molecule has 0 heterocycles. The molecule has 3 rings (SSSR count). The first-order valence-electron chi connectivity index (χ1n) is 9.27. The number of azo groups is 2. The molecule has 3 aromatic carbocycles.